The van der Waals surface area contributed by atoms with Crippen LogP contribution in [0.4, 0.5) is 10.1 Å². The Hall–Kier alpha value is -3.02. The molecule has 6 heteroatoms. The van der Waals surface area contributed by atoms with Crippen LogP contribution in [0, 0.1) is 11.7 Å². The maximum Gasteiger partial charge on any atom is 0.245 e. The van der Waals surface area contributed by atoms with Gasteiger partial charge in [0.15, 0.2) is 0 Å². The Morgan fingerprint density at radius 3 is 2.56 bits per heavy atom. The van der Waals surface area contributed by atoms with Crippen molar-refractivity contribution in [2.45, 2.75) is 45.1 Å². The molecule has 2 aromatic rings. The predicted octanol–water partition coefficient (Wildman–Crippen LogP) is 4.37. The van der Waals surface area contributed by atoms with Crippen molar-refractivity contribution < 1.29 is 14.0 Å². The summed E-state index contributed by atoms with van der Waals surface area (Å²) in [5.41, 5.74) is 4.78. The van der Waals surface area contributed by atoms with E-state index in [1.54, 1.807) is 24.0 Å². The van der Waals surface area contributed by atoms with Gasteiger partial charge in [0, 0.05) is 50.2 Å². The lowest BCUT2D eigenvalue weighted by Crippen LogP contribution is -2.50. The molecule has 5 nitrogen and oxygen atoms in total. The molecule has 166 valence electrons. The molecular formula is C26H28FN3O2. The minimum Gasteiger partial charge on any atom is -0.341 e. The Balaban J connectivity index is 1.22. The van der Waals surface area contributed by atoms with Crippen molar-refractivity contribution in [3.8, 4) is 11.1 Å². The number of rotatable bonds is 3. The van der Waals surface area contributed by atoms with Crippen LogP contribution in [0.3, 0.4) is 0 Å². The van der Waals surface area contributed by atoms with E-state index in [0.29, 0.717) is 31.1 Å². The second-order valence-corrected chi connectivity index (χ2v) is 9.07. The summed E-state index contributed by atoms with van der Waals surface area (Å²) < 4.78 is 14.2. The summed E-state index contributed by atoms with van der Waals surface area (Å²) in [7, 11) is 0. The van der Waals surface area contributed by atoms with Crippen molar-refractivity contribution in [3.05, 3.63) is 53.8 Å². The van der Waals surface area contributed by atoms with Gasteiger partial charge in [-0.15, -0.1) is 0 Å². The van der Waals surface area contributed by atoms with E-state index in [2.05, 4.69) is 6.07 Å². The van der Waals surface area contributed by atoms with Gasteiger partial charge in [-0.1, -0.05) is 24.3 Å². The normalized spacial score (nSPS) is 20.9. The molecule has 2 fully saturated rings. The number of aliphatic imine (C=N–C) groups is 1. The predicted molar refractivity (Wildman–Crippen MR) is 122 cm³/mol. The molecule has 32 heavy (non-hydrogen) atoms. The molecule has 0 spiro atoms. The van der Waals surface area contributed by atoms with E-state index in [1.165, 1.54) is 11.8 Å². The van der Waals surface area contributed by atoms with Crippen molar-refractivity contribution >= 4 is 23.2 Å². The molecule has 1 atom stereocenters. The molecule has 3 aliphatic heterocycles. The van der Waals surface area contributed by atoms with Crippen LogP contribution in [-0.2, 0) is 16.0 Å². The topological polar surface area (TPSA) is 53.0 Å². The van der Waals surface area contributed by atoms with Gasteiger partial charge in [-0.05, 0) is 55.0 Å². The molecule has 3 heterocycles. The number of carbonyl (C=O) groups excluding carboxylic acids is 2. The summed E-state index contributed by atoms with van der Waals surface area (Å²) in [6.45, 7) is 3.65. The number of benzene rings is 2. The average Bonchev–Trinajstić information content (AvgIpc) is 3.46. The lowest BCUT2D eigenvalue weighted by atomic mass is 9.89. The molecular weight excluding hydrogens is 405 g/mol. The number of amides is 2. The lowest BCUT2D eigenvalue weighted by Gasteiger charge is -2.35. The number of likely N-dealkylation sites (tertiary alicyclic amines) is 2. The van der Waals surface area contributed by atoms with Gasteiger partial charge in [0.25, 0.3) is 0 Å². The second kappa shape index (κ2) is 8.49. The van der Waals surface area contributed by atoms with Gasteiger partial charge < -0.3 is 9.80 Å². The van der Waals surface area contributed by atoms with Crippen molar-refractivity contribution in [2.24, 2.45) is 10.9 Å². The van der Waals surface area contributed by atoms with Gasteiger partial charge in [-0.25, -0.2) is 4.39 Å². The van der Waals surface area contributed by atoms with Gasteiger partial charge in [0.2, 0.25) is 11.8 Å². The summed E-state index contributed by atoms with van der Waals surface area (Å²) in [5, 5.41) is 0. The number of hydrogen-bond acceptors (Lipinski definition) is 3. The van der Waals surface area contributed by atoms with Crippen LogP contribution in [0.1, 0.15) is 38.2 Å². The van der Waals surface area contributed by atoms with Gasteiger partial charge in [0.1, 0.15) is 11.9 Å². The first kappa shape index (κ1) is 20.9. The quantitative estimate of drug-likeness (QED) is 0.722. The van der Waals surface area contributed by atoms with Gasteiger partial charge in [0.05, 0.1) is 5.69 Å². The highest BCUT2D eigenvalue weighted by molar-refractivity contribution is 5.96. The van der Waals surface area contributed by atoms with E-state index in [9.17, 15) is 14.0 Å². The molecule has 0 radical (unpaired) electrons. The monoisotopic (exact) mass is 433 g/mol. The molecule has 2 saturated heterocycles. The lowest BCUT2D eigenvalue weighted by molar-refractivity contribution is -0.143. The van der Waals surface area contributed by atoms with Gasteiger partial charge >= 0.3 is 0 Å². The Morgan fingerprint density at radius 2 is 1.81 bits per heavy atom. The first-order chi connectivity index (χ1) is 15.5. The Labute approximate surface area is 187 Å². The first-order valence-electron chi connectivity index (χ1n) is 11.5. The fourth-order valence-electron chi connectivity index (χ4n) is 5.37. The summed E-state index contributed by atoms with van der Waals surface area (Å²) in [6, 6.07) is 12.5. The van der Waals surface area contributed by atoms with E-state index in [-0.39, 0.29) is 23.7 Å². The van der Waals surface area contributed by atoms with Crippen LogP contribution in [0.2, 0.25) is 0 Å². The summed E-state index contributed by atoms with van der Waals surface area (Å²) >= 11 is 0. The highest BCUT2D eigenvalue weighted by atomic mass is 19.1. The van der Waals surface area contributed by atoms with E-state index >= 15 is 0 Å². The Morgan fingerprint density at radius 1 is 1.03 bits per heavy atom. The highest BCUT2D eigenvalue weighted by Crippen LogP contribution is 2.36. The van der Waals surface area contributed by atoms with Crippen molar-refractivity contribution in [2.75, 3.05) is 19.6 Å². The van der Waals surface area contributed by atoms with Crippen LogP contribution < -0.4 is 0 Å². The zero-order valence-electron chi connectivity index (χ0n) is 18.4. The van der Waals surface area contributed by atoms with Gasteiger partial charge in [-0.3, -0.25) is 14.6 Å². The number of fused-ring (bicyclic) bond motifs is 1. The van der Waals surface area contributed by atoms with E-state index in [4.69, 9.17) is 4.99 Å². The molecule has 0 N–H and O–H groups in total. The minimum atomic E-state index is -0.283. The zero-order chi connectivity index (χ0) is 22.2. The maximum atomic E-state index is 14.2. The SMILES string of the molecule is CC(=O)N1CCC[C@@H]1C(=O)N1CCC(C2=Nc3ccc(-c4ccccc4F)cc3C2)CC1. The number of nitrogens with zero attached hydrogens (tertiary/aromatic N) is 3. The van der Waals surface area contributed by atoms with Crippen LogP contribution in [0.25, 0.3) is 11.1 Å². The van der Waals surface area contributed by atoms with Gasteiger partial charge in [-0.2, -0.15) is 0 Å². The smallest absolute Gasteiger partial charge is 0.245 e. The number of carbonyl (C=O) groups is 2. The molecule has 0 unspecified atom stereocenters. The number of halogens is 1. The van der Waals surface area contributed by atoms with Crippen LogP contribution >= 0.6 is 0 Å². The molecule has 2 aromatic carbocycles. The van der Waals surface area contributed by atoms with Crippen molar-refractivity contribution in [1.29, 1.82) is 0 Å². The maximum absolute atomic E-state index is 14.2. The Bertz CT molecular complexity index is 1090. The highest BCUT2D eigenvalue weighted by Gasteiger charge is 2.37. The zero-order valence-corrected chi connectivity index (χ0v) is 18.4. The molecule has 3 aliphatic rings. The van der Waals surface area contributed by atoms with Crippen LogP contribution in [0.5, 0.6) is 0 Å². The second-order valence-electron chi connectivity index (χ2n) is 9.07. The van der Waals surface area contributed by atoms with Crippen molar-refractivity contribution in [1.82, 2.24) is 9.80 Å². The molecule has 5 rings (SSSR count). The number of piperidine rings is 1. The van der Waals surface area contributed by atoms with E-state index in [1.807, 2.05) is 23.1 Å². The average molecular weight is 434 g/mol. The summed E-state index contributed by atoms with van der Waals surface area (Å²) in [5.74, 6) is 0.232. The number of hydrogen-bond donors (Lipinski definition) is 0. The third-order valence-corrected chi connectivity index (χ3v) is 7.12. The molecule has 0 bridgehead atoms. The summed E-state index contributed by atoms with van der Waals surface area (Å²) in [4.78, 5) is 33.4. The minimum absolute atomic E-state index is 0.0106. The van der Waals surface area contributed by atoms with E-state index < -0.39 is 0 Å². The van der Waals surface area contributed by atoms with Crippen molar-refractivity contribution in [3.63, 3.8) is 0 Å². The van der Waals surface area contributed by atoms with Crippen LogP contribution in [0.15, 0.2) is 47.5 Å². The molecule has 2 amide bonds. The Kier molecular flexibility index (Phi) is 5.53. The fraction of sp³-hybridized carbons (Fsp3) is 0.423. The largest absolute Gasteiger partial charge is 0.341 e. The molecule has 0 aromatic heterocycles. The molecule has 0 aliphatic carbocycles. The fourth-order valence-corrected chi connectivity index (χ4v) is 5.37. The summed E-state index contributed by atoms with van der Waals surface area (Å²) in [6.07, 6.45) is 4.25. The first-order valence-corrected chi connectivity index (χ1v) is 11.5. The van der Waals surface area contributed by atoms with E-state index in [0.717, 1.165) is 48.9 Å². The van der Waals surface area contributed by atoms with Crippen LogP contribution in [-0.4, -0.2) is 53.0 Å². The standard InChI is InChI=1S/C26H28FN3O2/c1-17(31)30-12-4-7-25(30)26(32)29-13-10-18(11-14-29)24-16-20-15-19(8-9-23(20)28-24)21-5-2-3-6-22(21)27/h2-3,5-6,8-9,15,18,25H,4,7,10-14,16H2,1H3/t25-/m1/s1. The molecule has 0 saturated carbocycles. The third kappa shape index (κ3) is 3.83. The third-order valence-electron chi connectivity index (χ3n) is 7.12.